The summed E-state index contributed by atoms with van der Waals surface area (Å²) in [5.74, 6) is 0. The average Bonchev–Trinajstić information content (AvgIpc) is 3.78. The molecule has 0 spiro atoms. The third kappa shape index (κ3) is 10.2. The van der Waals surface area contributed by atoms with E-state index in [2.05, 4.69) is 199 Å². The van der Waals surface area contributed by atoms with Crippen LogP contribution in [0.15, 0.2) is 158 Å². The first-order valence-electron chi connectivity index (χ1n) is 17.5. The Labute approximate surface area is 331 Å². The maximum atomic E-state index is 4.93. The molecule has 0 heterocycles. The van der Waals surface area contributed by atoms with E-state index in [-0.39, 0.29) is 0 Å². The first kappa shape index (κ1) is 39.4. The molecule has 2 radical (unpaired) electrons. The molecule has 258 valence electrons. The molecule has 8 aromatic carbocycles. The molecular weight excluding hydrogens is 767 g/mol. The molecule has 52 heavy (non-hydrogen) atoms. The van der Waals surface area contributed by atoms with Gasteiger partial charge in [-0.2, -0.15) is 0 Å². The minimum atomic E-state index is -0.826. The summed E-state index contributed by atoms with van der Waals surface area (Å²) < 4.78 is 0. The van der Waals surface area contributed by atoms with Gasteiger partial charge >= 0.3 is 37.9 Å². The third-order valence-electron chi connectivity index (χ3n) is 8.78. The topological polar surface area (TPSA) is 0 Å². The van der Waals surface area contributed by atoms with Crippen LogP contribution < -0.4 is 0 Å². The van der Waals surface area contributed by atoms with Gasteiger partial charge in [0.1, 0.15) is 0 Å². The maximum absolute atomic E-state index is 4.93. The SMILES string of the molecule is C[Si]C.Cc1cc(C)cc(-c2cccc3[cH-]c(-c4ccccc4)cc23)c1.Cc1cc(C)cc(-c2cccc3[cH-]c(-c4ccccc4)cc23)c1.[Cl][Zr+2][Cl]. The van der Waals surface area contributed by atoms with Crippen molar-refractivity contribution in [2.75, 3.05) is 0 Å². The van der Waals surface area contributed by atoms with Crippen molar-refractivity contribution in [2.45, 2.75) is 40.8 Å². The number of rotatable bonds is 4. The van der Waals surface area contributed by atoms with Crippen LogP contribution in [0.2, 0.25) is 13.1 Å². The predicted octanol–water partition coefficient (Wildman–Crippen LogP) is 15.2. The molecule has 0 unspecified atom stereocenters. The van der Waals surface area contributed by atoms with Crippen molar-refractivity contribution in [1.82, 2.24) is 0 Å². The van der Waals surface area contributed by atoms with Crippen LogP contribution in [-0.4, -0.2) is 9.52 Å². The molecule has 0 saturated heterocycles. The molecule has 0 N–H and O–H groups in total. The second kappa shape index (κ2) is 19.3. The van der Waals surface area contributed by atoms with Crippen molar-refractivity contribution in [1.29, 1.82) is 0 Å². The molecule has 0 bridgehead atoms. The van der Waals surface area contributed by atoms with Crippen molar-refractivity contribution in [2.24, 2.45) is 0 Å². The van der Waals surface area contributed by atoms with Gasteiger partial charge in [-0.15, -0.1) is 69.1 Å². The number of fused-ring (bicyclic) bond motifs is 2. The summed E-state index contributed by atoms with van der Waals surface area (Å²) in [4.78, 5) is 0. The Morgan fingerprint density at radius 3 is 1.08 bits per heavy atom. The Morgan fingerprint density at radius 2 is 0.750 bits per heavy atom. The molecule has 0 atom stereocenters. The van der Waals surface area contributed by atoms with Gasteiger partial charge in [0, 0.05) is 9.52 Å². The summed E-state index contributed by atoms with van der Waals surface area (Å²) in [5, 5.41) is 5.27. The number of aryl methyl sites for hydroxylation is 4. The fourth-order valence-corrected chi connectivity index (χ4v) is 6.83. The van der Waals surface area contributed by atoms with Gasteiger partial charge < -0.3 is 0 Å². The first-order valence-corrected chi connectivity index (χ1v) is 25.8. The van der Waals surface area contributed by atoms with Crippen molar-refractivity contribution in [3.05, 3.63) is 180 Å². The second-order valence-electron chi connectivity index (χ2n) is 13.2. The van der Waals surface area contributed by atoms with Crippen LogP contribution in [0.5, 0.6) is 0 Å². The van der Waals surface area contributed by atoms with E-state index < -0.39 is 20.8 Å². The first-order chi connectivity index (χ1) is 25.2. The molecule has 0 aliphatic heterocycles. The Hall–Kier alpha value is -3.78. The number of hydrogen-bond donors (Lipinski definition) is 0. The number of hydrogen-bond acceptors (Lipinski definition) is 0. The number of benzene rings is 6. The van der Waals surface area contributed by atoms with Crippen LogP contribution in [0, 0.1) is 27.7 Å². The molecule has 0 aliphatic carbocycles. The van der Waals surface area contributed by atoms with Gasteiger partial charge in [-0.3, -0.25) is 0 Å². The molecule has 8 rings (SSSR count). The Bertz CT molecular complexity index is 2130. The van der Waals surface area contributed by atoms with Crippen molar-refractivity contribution in [3.8, 4) is 44.5 Å². The van der Waals surface area contributed by atoms with Crippen LogP contribution in [-0.2, 0) is 20.8 Å². The molecule has 8 aromatic rings. The van der Waals surface area contributed by atoms with Crippen LogP contribution in [0.1, 0.15) is 22.3 Å². The van der Waals surface area contributed by atoms with Crippen LogP contribution >= 0.6 is 17.0 Å². The zero-order valence-corrected chi connectivity index (χ0v) is 35.7. The van der Waals surface area contributed by atoms with E-state index in [9.17, 15) is 0 Å². The molecule has 0 aromatic heterocycles. The third-order valence-corrected chi connectivity index (χ3v) is 8.78. The van der Waals surface area contributed by atoms with Crippen LogP contribution in [0.4, 0.5) is 0 Å². The fourth-order valence-electron chi connectivity index (χ4n) is 6.83. The molecule has 0 amide bonds. The summed E-state index contributed by atoms with van der Waals surface area (Å²) in [7, 11) is 11.0. The van der Waals surface area contributed by atoms with E-state index in [1.54, 1.807) is 0 Å². The van der Waals surface area contributed by atoms with E-state index in [1.165, 1.54) is 88.3 Å². The summed E-state index contributed by atoms with van der Waals surface area (Å²) >= 11 is -0.826. The van der Waals surface area contributed by atoms with Gasteiger partial charge in [-0.25, -0.2) is 0 Å². The Kier molecular flexibility index (Phi) is 14.7. The van der Waals surface area contributed by atoms with Crippen molar-refractivity contribution >= 4 is 48.1 Å². The average molecular weight is 811 g/mol. The van der Waals surface area contributed by atoms with E-state index >= 15 is 0 Å². The van der Waals surface area contributed by atoms with Crippen molar-refractivity contribution in [3.63, 3.8) is 0 Å². The van der Waals surface area contributed by atoms with Gasteiger partial charge in [-0.05, 0) is 38.8 Å². The Balaban J connectivity index is 0.000000175. The van der Waals surface area contributed by atoms with Gasteiger partial charge in [0.25, 0.3) is 0 Å². The second-order valence-corrected chi connectivity index (χ2v) is 17.9. The predicted molar refractivity (Wildman–Crippen MR) is 229 cm³/mol. The summed E-state index contributed by atoms with van der Waals surface area (Å²) in [6.07, 6.45) is 0. The quantitative estimate of drug-likeness (QED) is 0.123. The zero-order chi connectivity index (χ0) is 37.0. The van der Waals surface area contributed by atoms with E-state index in [4.69, 9.17) is 17.0 Å². The van der Waals surface area contributed by atoms with Gasteiger partial charge in [0.15, 0.2) is 0 Å². The summed E-state index contributed by atoms with van der Waals surface area (Å²) in [6.45, 7) is 13.0. The standard InChI is InChI=1S/2C23H19.C2H6Si.2ClH.Zr/c2*1-16-11-17(2)13-21(12-16)22-10-6-9-19-14-20(15-23(19)22)18-7-4-3-5-8-18;1-3-2;;;/h2*3-15H,1-2H3;1-2H3;2*1H;/q2*-1;;;;+4/p-2. The minimum absolute atomic E-state index is 0.826. The molecular formula is C48H44Cl2SiZr. The molecule has 0 fully saturated rings. The monoisotopic (exact) mass is 808 g/mol. The van der Waals surface area contributed by atoms with Gasteiger partial charge in [-0.1, -0.05) is 179 Å². The molecule has 0 nitrogen and oxygen atoms in total. The van der Waals surface area contributed by atoms with E-state index in [1.807, 2.05) is 0 Å². The van der Waals surface area contributed by atoms with Gasteiger partial charge in [0.05, 0.1) is 0 Å². The van der Waals surface area contributed by atoms with Crippen molar-refractivity contribution < 1.29 is 20.8 Å². The molecule has 0 aliphatic rings. The van der Waals surface area contributed by atoms with Crippen LogP contribution in [0.25, 0.3) is 66.1 Å². The van der Waals surface area contributed by atoms with Gasteiger partial charge in [0.2, 0.25) is 0 Å². The fraction of sp³-hybridized carbons (Fsp3) is 0.125. The Morgan fingerprint density at radius 1 is 0.423 bits per heavy atom. The normalized spacial score (nSPS) is 10.3. The summed E-state index contributed by atoms with van der Waals surface area (Å²) in [5.41, 5.74) is 15.6. The molecule has 4 heteroatoms. The zero-order valence-electron chi connectivity index (χ0n) is 30.8. The van der Waals surface area contributed by atoms with E-state index in [0.29, 0.717) is 0 Å². The van der Waals surface area contributed by atoms with E-state index in [0.717, 1.165) is 9.52 Å². The van der Waals surface area contributed by atoms with Crippen LogP contribution in [0.3, 0.4) is 0 Å². The summed E-state index contributed by atoms with van der Waals surface area (Å²) in [6, 6.07) is 57.1. The number of halogens is 2. The molecule has 0 saturated carbocycles.